The molecule has 1 aliphatic rings. The van der Waals surface area contributed by atoms with Crippen molar-refractivity contribution in [2.45, 2.75) is 0 Å². The Morgan fingerprint density at radius 1 is 0.303 bits per heavy atom. The van der Waals surface area contributed by atoms with Gasteiger partial charge in [0.25, 0.3) is 0 Å². The number of hydrogen-bond donors (Lipinski definition) is 0. The molecule has 0 saturated heterocycles. The zero-order chi connectivity index (χ0) is 49.9. The first-order valence-corrected chi connectivity index (χ1v) is 29.6. The van der Waals surface area contributed by atoms with Crippen LogP contribution in [0.1, 0.15) is 0 Å². The molecular formula is C59H32N12S4Si. The Kier molecular flexibility index (Phi) is 9.73. The summed E-state index contributed by atoms with van der Waals surface area (Å²) in [4.78, 5) is 56.9. The topological polar surface area (TPSA) is 147 Å². The van der Waals surface area contributed by atoms with E-state index >= 15 is 0 Å². The average Bonchev–Trinajstić information content (AvgIpc) is 4.45. The molecule has 0 N–H and O–H groups in total. The molecule has 17 heteroatoms. The second-order valence-electron chi connectivity index (χ2n) is 18.2. The van der Waals surface area contributed by atoms with Crippen LogP contribution in [0.5, 0.6) is 0 Å². The summed E-state index contributed by atoms with van der Waals surface area (Å²) in [6.45, 7) is 0. The van der Waals surface area contributed by atoms with E-state index in [0.717, 1.165) is 84.5 Å². The van der Waals surface area contributed by atoms with Crippen LogP contribution in [0, 0.1) is 0 Å². The van der Waals surface area contributed by atoms with Crippen molar-refractivity contribution < 1.29 is 0 Å². The molecule has 76 heavy (non-hydrogen) atoms. The summed E-state index contributed by atoms with van der Waals surface area (Å²) < 4.78 is 6.59. The lowest BCUT2D eigenvalue weighted by molar-refractivity contribution is 1.07. The summed E-state index contributed by atoms with van der Waals surface area (Å²) in [6, 6.07) is 67.1. The molecule has 0 fully saturated rings. The quantitative estimate of drug-likeness (QED) is 0.134. The van der Waals surface area contributed by atoms with Crippen LogP contribution in [-0.4, -0.2) is 67.5 Å². The number of imidazole rings is 1. The Morgan fingerprint density at radius 2 is 0.671 bits per heavy atom. The normalized spacial score (nSPS) is 12.8. The van der Waals surface area contributed by atoms with Crippen molar-refractivity contribution in [1.29, 1.82) is 0 Å². The van der Waals surface area contributed by atoms with E-state index in [4.69, 9.17) is 54.8 Å². The molecule has 0 aliphatic carbocycles. The molecule has 16 rings (SSSR count). The minimum Gasteiger partial charge on any atom is -0.299 e. The molecule has 0 unspecified atom stereocenters. The van der Waals surface area contributed by atoms with E-state index in [-0.39, 0.29) is 0 Å². The number of rotatable bonds is 8. The standard InChI is InChI=1S/C59H32N12S4Si/c1-6-24-42-37(19-1)64-59-71(42)43-25-7-12-30-48(43)76(59,35-17-13-15-33(31-35)49-65-51(55-60-38-20-2-8-26-44(38)72-55)69-52(66-49)56-61-39-21-3-9-27-45(39)73-56)36-18-14-16-34(32-36)50-67-53(57-62-40-22-4-10-28-46(40)74-57)70-54(68-50)58-63-41-23-5-11-29-47(41)75-58/h1-32H. The number of benzene rings is 8. The molecule has 7 aromatic heterocycles. The van der Waals surface area contributed by atoms with Gasteiger partial charge in [0.2, 0.25) is 8.07 Å². The average molecular weight is 1070 g/mol. The fraction of sp³-hybridized carbons (Fsp3) is 0. The molecule has 0 radical (unpaired) electrons. The maximum Gasteiger partial charge on any atom is 0.226 e. The lowest BCUT2D eigenvalue weighted by atomic mass is 10.2. The van der Waals surface area contributed by atoms with Gasteiger partial charge < -0.3 is 0 Å². The molecule has 0 atom stereocenters. The summed E-state index contributed by atoms with van der Waals surface area (Å²) in [7, 11) is -3.37. The molecular weight excluding hydrogens is 1030 g/mol. The Balaban J connectivity index is 0.919. The second kappa shape index (κ2) is 17.0. The van der Waals surface area contributed by atoms with Crippen molar-refractivity contribution in [1.82, 2.24) is 59.4 Å². The summed E-state index contributed by atoms with van der Waals surface area (Å²) >= 11 is 6.26. The minimum atomic E-state index is -3.37. The van der Waals surface area contributed by atoms with Crippen molar-refractivity contribution in [3.05, 3.63) is 194 Å². The molecule has 0 bridgehead atoms. The van der Waals surface area contributed by atoms with Crippen molar-refractivity contribution >= 4 is 126 Å². The minimum absolute atomic E-state index is 0.492. The summed E-state index contributed by atoms with van der Waals surface area (Å²) in [5.41, 5.74) is 9.29. The summed E-state index contributed by atoms with van der Waals surface area (Å²) in [6.07, 6.45) is 0. The Labute approximate surface area is 448 Å². The van der Waals surface area contributed by atoms with Crippen LogP contribution in [0.25, 0.3) is 124 Å². The Bertz CT molecular complexity index is 4290. The number of nitrogens with zero attached hydrogens (tertiary/aromatic N) is 12. The predicted molar refractivity (Wildman–Crippen MR) is 310 cm³/mol. The smallest absolute Gasteiger partial charge is 0.226 e. The van der Waals surface area contributed by atoms with Gasteiger partial charge in [0, 0.05) is 16.8 Å². The highest BCUT2D eigenvalue weighted by Gasteiger charge is 2.52. The van der Waals surface area contributed by atoms with E-state index in [1.807, 2.05) is 72.8 Å². The van der Waals surface area contributed by atoms with E-state index in [1.165, 1.54) is 5.19 Å². The van der Waals surface area contributed by atoms with Gasteiger partial charge in [-0.25, -0.2) is 54.8 Å². The molecule has 12 nitrogen and oxygen atoms in total. The van der Waals surface area contributed by atoms with Crippen molar-refractivity contribution in [2.24, 2.45) is 0 Å². The molecule has 1 aliphatic heterocycles. The van der Waals surface area contributed by atoms with Crippen LogP contribution in [0.3, 0.4) is 0 Å². The first-order chi connectivity index (χ1) is 37.6. The summed E-state index contributed by atoms with van der Waals surface area (Å²) in [5.74, 6) is 3.01. The third-order valence-electron chi connectivity index (χ3n) is 13.8. The van der Waals surface area contributed by atoms with E-state index < -0.39 is 8.07 Å². The Hall–Kier alpha value is -8.97. The lowest BCUT2D eigenvalue weighted by Crippen LogP contribution is -2.73. The number of fused-ring (bicyclic) bond motifs is 9. The molecule has 8 aromatic carbocycles. The van der Waals surface area contributed by atoms with Gasteiger partial charge in [-0.2, -0.15) is 0 Å². The highest BCUT2D eigenvalue weighted by atomic mass is 32.1. The fourth-order valence-corrected chi connectivity index (χ4v) is 18.9. The molecule has 356 valence electrons. The van der Waals surface area contributed by atoms with Crippen LogP contribution >= 0.6 is 45.3 Å². The maximum absolute atomic E-state index is 5.63. The van der Waals surface area contributed by atoms with E-state index in [2.05, 4.69) is 126 Å². The molecule has 0 spiro atoms. The number of thiazole rings is 4. The van der Waals surface area contributed by atoms with E-state index in [0.29, 0.717) is 55.0 Å². The SMILES string of the molecule is c1cc(-c2nc(-c3nc4ccccc4s3)nc(-c3nc4ccccc4s3)n2)cc([Si]2(c3cccc(-c4nc(-c5nc6ccccc6s5)nc(-c5nc6ccccc6s5)n4)c3)c3ccccc3-n3c2nc2ccccc23)c1. The zero-order valence-corrected chi connectivity index (χ0v) is 43.7. The summed E-state index contributed by atoms with van der Waals surface area (Å²) in [5, 5.41) is 6.25. The molecule has 0 amide bonds. The van der Waals surface area contributed by atoms with Crippen LogP contribution in [-0.2, 0) is 0 Å². The fourth-order valence-electron chi connectivity index (χ4n) is 10.4. The first kappa shape index (κ1) is 43.4. The van der Waals surface area contributed by atoms with Gasteiger partial charge in [-0.3, -0.25) is 4.57 Å². The van der Waals surface area contributed by atoms with Crippen LogP contribution in [0.4, 0.5) is 0 Å². The second-order valence-corrected chi connectivity index (χ2v) is 26.0. The van der Waals surface area contributed by atoms with E-state index in [9.17, 15) is 0 Å². The highest BCUT2D eigenvalue weighted by molar-refractivity contribution is 7.23. The van der Waals surface area contributed by atoms with Gasteiger partial charge >= 0.3 is 0 Å². The third kappa shape index (κ3) is 6.87. The van der Waals surface area contributed by atoms with Crippen LogP contribution in [0.2, 0.25) is 0 Å². The van der Waals surface area contributed by atoms with Gasteiger partial charge in [-0.05, 0) is 82.3 Å². The van der Waals surface area contributed by atoms with E-state index in [1.54, 1.807) is 45.3 Å². The van der Waals surface area contributed by atoms with Gasteiger partial charge in [0.15, 0.2) is 55.0 Å². The Morgan fingerprint density at radius 3 is 1.11 bits per heavy atom. The van der Waals surface area contributed by atoms with Crippen LogP contribution < -0.4 is 21.0 Å². The van der Waals surface area contributed by atoms with Crippen molar-refractivity contribution in [2.75, 3.05) is 0 Å². The molecule has 8 heterocycles. The predicted octanol–water partition coefficient (Wildman–Crippen LogP) is 11.5. The monoisotopic (exact) mass is 1060 g/mol. The van der Waals surface area contributed by atoms with Crippen molar-refractivity contribution in [3.63, 3.8) is 0 Å². The maximum atomic E-state index is 5.63. The molecule has 15 aromatic rings. The zero-order valence-electron chi connectivity index (χ0n) is 39.5. The van der Waals surface area contributed by atoms with Gasteiger partial charge in [-0.1, -0.05) is 127 Å². The van der Waals surface area contributed by atoms with Gasteiger partial charge in [0.1, 0.15) is 5.45 Å². The van der Waals surface area contributed by atoms with Gasteiger partial charge in [0.05, 0.1) is 51.9 Å². The number of aromatic nitrogens is 12. The largest absolute Gasteiger partial charge is 0.299 e. The number of para-hydroxylation sites is 7. The van der Waals surface area contributed by atoms with Crippen molar-refractivity contribution in [3.8, 4) is 71.8 Å². The third-order valence-corrected chi connectivity index (χ3v) is 22.5. The molecule has 0 saturated carbocycles. The number of hydrogen-bond acceptors (Lipinski definition) is 15. The van der Waals surface area contributed by atoms with Gasteiger partial charge in [-0.15, -0.1) is 45.3 Å². The lowest BCUT2D eigenvalue weighted by Gasteiger charge is -2.29. The first-order valence-electron chi connectivity index (χ1n) is 24.3. The van der Waals surface area contributed by atoms with Crippen LogP contribution in [0.15, 0.2) is 194 Å². The highest BCUT2D eigenvalue weighted by Crippen LogP contribution is 2.36.